The van der Waals surface area contributed by atoms with Crippen molar-refractivity contribution in [1.29, 1.82) is 0 Å². The number of nitrogens with one attached hydrogen (secondary N) is 1. The molecule has 0 heterocycles. The lowest BCUT2D eigenvalue weighted by Crippen LogP contribution is -2.45. The van der Waals surface area contributed by atoms with Crippen molar-refractivity contribution >= 4 is 13.7 Å². The Hall–Kier alpha value is -1.54. The van der Waals surface area contributed by atoms with Crippen molar-refractivity contribution in [2.45, 2.75) is 238 Å². The second-order valence-corrected chi connectivity index (χ2v) is 20.0. The number of phosphoric ester groups is 1. The number of allylic oxidation sites excluding steroid dienone is 7. The van der Waals surface area contributed by atoms with Gasteiger partial charge >= 0.3 is 7.82 Å². The highest BCUT2D eigenvalue weighted by Crippen LogP contribution is 2.43. The molecule has 0 aromatic heterocycles. The highest BCUT2D eigenvalue weighted by molar-refractivity contribution is 7.47. The molecular formula is C52H100N2O6P+. The van der Waals surface area contributed by atoms with Crippen LogP contribution in [0.15, 0.2) is 48.6 Å². The third kappa shape index (κ3) is 46.3. The molecule has 0 rings (SSSR count). The molecule has 3 atom stereocenters. The number of aliphatic hydroxyl groups excluding tert-OH is 1. The second-order valence-electron chi connectivity index (χ2n) is 18.5. The number of unbranched alkanes of at least 4 members (excludes halogenated alkanes) is 27. The van der Waals surface area contributed by atoms with Crippen LogP contribution in [0.4, 0.5) is 0 Å². The van der Waals surface area contributed by atoms with E-state index in [0.29, 0.717) is 17.4 Å². The van der Waals surface area contributed by atoms with Gasteiger partial charge in [-0.25, -0.2) is 4.57 Å². The predicted molar refractivity (Wildman–Crippen MR) is 263 cm³/mol. The fourth-order valence-corrected chi connectivity index (χ4v) is 7.91. The number of hydrogen-bond donors (Lipinski definition) is 3. The highest BCUT2D eigenvalue weighted by atomic mass is 31.2. The molecule has 8 nitrogen and oxygen atoms in total. The van der Waals surface area contributed by atoms with Gasteiger partial charge in [-0.3, -0.25) is 13.8 Å². The molecule has 9 heteroatoms. The SMILES string of the molecule is CCCC/C=C/CC/C=C/CC/C=C/C(O)C(COP(=O)(O)OCC[N+](C)(C)C)NC(=O)CCCCCCCCCCCCCCCCC/C=C\CCCCCCCCCC. The van der Waals surface area contributed by atoms with Gasteiger partial charge in [0, 0.05) is 6.42 Å². The maximum atomic E-state index is 12.9. The molecule has 61 heavy (non-hydrogen) atoms. The Balaban J connectivity index is 4.16. The summed E-state index contributed by atoms with van der Waals surface area (Å²) in [5, 5.41) is 13.8. The zero-order chi connectivity index (χ0) is 45.0. The topological polar surface area (TPSA) is 105 Å². The number of likely N-dealkylation sites (N-methyl/N-ethyl adjacent to an activating group) is 1. The van der Waals surface area contributed by atoms with Crippen LogP contribution >= 0.6 is 7.82 Å². The average molecular weight is 880 g/mol. The van der Waals surface area contributed by atoms with Gasteiger partial charge in [0.2, 0.25) is 5.91 Å². The van der Waals surface area contributed by atoms with Gasteiger partial charge in [-0.05, 0) is 64.2 Å². The van der Waals surface area contributed by atoms with Crippen LogP contribution in [0.25, 0.3) is 0 Å². The van der Waals surface area contributed by atoms with Gasteiger partial charge in [0.1, 0.15) is 13.2 Å². The van der Waals surface area contributed by atoms with E-state index in [2.05, 4.69) is 55.6 Å². The number of quaternary nitrogens is 1. The number of carbonyl (C=O) groups is 1. The van der Waals surface area contributed by atoms with Crippen molar-refractivity contribution in [3.63, 3.8) is 0 Å². The fourth-order valence-electron chi connectivity index (χ4n) is 7.17. The summed E-state index contributed by atoms with van der Waals surface area (Å²) < 4.78 is 23.6. The normalized spacial score (nSPS) is 14.5. The molecule has 0 saturated heterocycles. The number of amides is 1. The molecule has 1 amide bonds. The minimum atomic E-state index is -4.35. The smallest absolute Gasteiger partial charge is 0.387 e. The van der Waals surface area contributed by atoms with Gasteiger partial charge in [-0.15, -0.1) is 0 Å². The molecule has 0 fully saturated rings. The number of aliphatic hydroxyl groups is 1. The Morgan fingerprint density at radius 1 is 0.541 bits per heavy atom. The summed E-state index contributed by atoms with van der Waals surface area (Å²) in [6.07, 6.45) is 56.4. The average Bonchev–Trinajstić information content (AvgIpc) is 3.21. The maximum Gasteiger partial charge on any atom is 0.472 e. The molecule has 0 saturated carbocycles. The molecule has 0 aromatic carbocycles. The molecule has 0 spiro atoms. The van der Waals surface area contributed by atoms with Gasteiger partial charge in [-0.1, -0.05) is 204 Å². The Morgan fingerprint density at radius 2 is 0.918 bits per heavy atom. The fraction of sp³-hybridized carbons (Fsp3) is 0.827. The van der Waals surface area contributed by atoms with Gasteiger partial charge < -0.3 is 19.8 Å². The van der Waals surface area contributed by atoms with E-state index in [1.165, 1.54) is 154 Å². The first kappa shape index (κ1) is 59.5. The number of carbonyl (C=O) groups excluding carboxylic acids is 1. The minimum Gasteiger partial charge on any atom is -0.387 e. The van der Waals surface area contributed by atoms with Crippen molar-refractivity contribution in [2.24, 2.45) is 0 Å². The van der Waals surface area contributed by atoms with Crippen molar-refractivity contribution < 1.29 is 32.9 Å². The quantitative estimate of drug-likeness (QED) is 0.0243. The minimum absolute atomic E-state index is 0.0532. The molecule has 0 aliphatic heterocycles. The van der Waals surface area contributed by atoms with E-state index in [1.54, 1.807) is 6.08 Å². The first-order chi connectivity index (χ1) is 29.5. The molecule has 0 radical (unpaired) electrons. The van der Waals surface area contributed by atoms with Gasteiger partial charge in [0.25, 0.3) is 0 Å². The van der Waals surface area contributed by atoms with Crippen molar-refractivity contribution in [1.82, 2.24) is 5.32 Å². The van der Waals surface area contributed by atoms with Crippen LogP contribution < -0.4 is 5.32 Å². The molecule has 358 valence electrons. The zero-order valence-electron chi connectivity index (χ0n) is 40.7. The Kier molecular flexibility index (Phi) is 42.6. The van der Waals surface area contributed by atoms with Crippen molar-refractivity contribution in [3.05, 3.63) is 48.6 Å². The van der Waals surface area contributed by atoms with Gasteiger partial charge in [-0.2, -0.15) is 0 Å². The molecule has 0 aliphatic rings. The number of hydrogen-bond acceptors (Lipinski definition) is 5. The van der Waals surface area contributed by atoms with Crippen LogP contribution in [0.1, 0.15) is 226 Å². The first-order valence-corrected chi connectivity index (χ1v) is 27.0. The lowest BCUT2D eigenvalue weighted by molar-refractivity contribution is -0.870. The van der Waals surface area contributed by atoms with E-state index in [-0.39, 0.29) is 19.1 Å². The van der Waals surface area contributed by atoms with Crippen LogP contribution in [0.5, 0.6) is 0 Å². The lowest BCUT2D eigenvalue weighted by atomic mass is 10.0. The first-order valence-electron chi connectivity index (χ1n) is 25.5. The molecule has 0 bridgehead atoms. The van der Waals surface area contributed by atoms with E-state index < -0.39 is 20.0 Å². The number of phosphoric acid groups is 1. The van der Waals surface area contributed by atoms with E-state index in [0.717, 1.165) is 51.4 Å². The summed E-state index contributed by atoms with van der Waals surface area (Å²) in [7, 11) is 1.55. The molecule has 0 aromatic rings. The van der Waals surface area contributed by atoms with Gasteiger partial charge in [0.05, 0.1) is 39.9 Å². The van der Waals surface area contributed by atoms with E-state index in [4.69, 9.17) is 9.05 Å². The van der Waals surface area contributed by atoms with Crippen LogP contribution in [-0.4, -0.2) is 73.4 Å². The summed E-state index contributed by atoms with van der Waals surface area (Å²) in [5.41, 5.74) is 0. The molecule has 0 aliphatic carbocycles. The third-order valence-electron chi connectivity index (χ3n) is 11.2. The summed E-state index contributed by atoms with van der Waals surface area (Å²) in [4.78, 5) is 23.2. The van der Waals surface area contributed by atoms with E-state index >= 15 is 0 Å². The van der Waals surface area contributed by atoms with E-state index in [1.807, 2.05) is 27.2 Å². The molecule has 3 N–H and O–H groups in total. The second kappa shape index (κ2) is 43.7. The molecular weight excluding hydrogens is 780 g/mol. The van der Waals surface area contributed by atoms with Crippen LogP contribution in [0.2, 0.25) is 0 Å². The van der Waals surface area contributed by atoms with Crippen LogP contribution in [0, 0.1) is 0 Å². The summed E-state index contributed by atoms with van der Waals surface area (Å²) in [6.45, 7) is 4.74. The van der Waals surface area contributed by atoms with Gasteiger partial charge in [0.15, 0.2) is 0 Å². The largest absolute Gasteiger partial charge is 0.472 e. The number of rotatable bonds is 46. The van der Waals surface area contributed by atoms with E-state index in [9.17, 15) is 19.4 Å². The van der Waals surface area contributed by atoms with Crippen LogP contribution in [-0.2, 0) is 18.4 Å². The Labute approximate surface area is 378 Å². The number of nitrogens with zero attached hydrogens (tertiary/aromatic N) is 1. The predicted octanol–water partition coefficient (Wildman–Crippen LogP) is 14.8. The summed E-state index contributed by atoms with van der Waals surface area (Å²) in [5.74, 6) is -0.191. The lowest BCUT2D eigenvalue weighted by Gasteiger charge is -2.25. The standard InChI is InChI=1S/C52H99N2O6P/c1-6-8-10-12-14-16-18-20-21-22-23-24-25-26-27-28-29-30-31-32-33-34-36-38-40-42-44-46-52(56)53-50(49-60-61(57,58)59-48-47-54(3,4)5)51(55)45-43-41-39-37-35-19-17-15-13-11-9-7-2/h13,15,22-23,35,37,43,45,50-51,55H,6-12,14,16-21,24-34,36,38-42,44,46-49H2,1-5H3,(H-,53,56,57,58)/p+1/b15-13+,23-22-,37-35+,45-43+. The maximum absolute atomic E-state index is 12.9. The van der Waals surface area contributed by atoms with Crippen LogP contribution in [0.3, 0.4) is 0 Å². The Bertz CT molecular complexity index is 1130. The Morgan fingerprint density at radius 3 is 1.36 bits per heavy atom. The third-order valence-corrected chi connectivity index (χ3v) is 12.2. The summed E-state index contributed by atoms with van der Waals surface area (Å²) >= 11 is 0. The molecule has 3 unspecified atom stereocenters. The summed E-state index contributed by atoms with van der Waals surface area (Å²) in [6, 6.07) is -0.868. The van der Waals surface area contributed by atoms with Crippen molar-refractivity contribution in [2.75, 3.05) is 40.9 Å². The highest BCUT2D eigenvalue weighted by Gasteiger charge is 2.27. The van der Waals surface area contributed by atoms with Crippen molar-refractivity contribution in [3.8, 4) is 0 Å². The zero-order valence-corrected chi connectivity index (χ0v) is 41.5. The monoisotopic (exact) mass is 880 g/mol.